The Bertz CT molecular complexity index is 551. The van der Waals surface area contributed by atoms with Crippen molar-refractivity contribution in [2.24, 2.45) is 5.41 Å². The normalized spacial score (nSPS) is 21.5. The van der Waals surface area contributed by atoms with Crippen LogP contribution in [-0.4, -0.2) is 48.7 Å². The van der Waals surface area contributed by atoms with E-state index in [1.807, 2.05) is 9.80 Å². The number of piperidine rings is 1. The van der Waals surface area contributed by atoms with Gasteiger partial charge >= 0.3 is 5.97 Å². The molecule has 2 saturated heterocycles. The molecule has 2 heterocycles. The first-order valence-electron chi connectivity index (χ1n) is 7.61. The van der Waals surface area contributed by atoms with E-state index in [-0.39, 0.29) is 12.0 Å². The molecule has 1 aromatic carbocycles. The summed E-state index contributed by atoms with van der Waals surface area (Å²) in [6, 6.07) is 3.62. The van der Waals surface area contributed by atoms with Gasteiger partial charge in [-0.25, -0.2) is 8.78 Å². The molecule has 1 aromatic rings. The van der Waals surface area contributed by atoms with E-state index < -0.39 is 17.6 Å². The fourth-order valence-electron chi connectivity index (χ4n) is 3.72. The summed E-state index contributed by atoms with van der Waals surface area (Å²) in [5.74, 6) is -1.89. The van der Waals surface area contributed by atoms with Gasteiger partial charge in [-0.1, -0.05) is 0 Å². The standard InChI is InChI=1S/C16H20F2N2O2/c17-12-7-13(18)9-14(8-12)20-5-2-16(3-6-20)1-4-19(11-16)10-15(21)22/h7-9H,1-6,10-11H2,(H,21,22). The Morgan fingerprint density at radius 2 is 1.68 bits per heavy atom. The van der Waals surface area contributed by atoms with Gasteiger partial charge in [0.15, 0.2) is 0 Å². The van der Waals surface area contributed by atoms with Crippen molar-refractivity contribution in [3.8, 4) is 0 Å². The summed E-state index contributed by atoms with van der Waals surface area (Å²) in [5.41, 5.74) is 0.755. The number of benzene rings is 1. The van der Waals surface area contributed by atoms with Crippen LogP contribution >= 0.6 is 0 Å². The van der Waals surface area contributed by atoms with Crippen LogP contribution in [0.5, 0.6) is 0 Å². The fourth-order valence-corrected chi connectivity index (χ4v) is 3.72. The molecule has 0 aliphatic carbocycles. The summed E-state index contributed by atoms with van der Waals surface area (Å²) in [6.45, 7) is 3.24. The molecule has 0 amide bonds. The lowest BCUT2D eigenvalue weighted by molar-refractivity contribution is -0.138. The molecule has 0 unspecified atom stereocenters. The number of carboxylic acid groups (broad SMARTS) is 1. The third-order valence-corrected chi connectivity index (χ3v) is 4.91. The number of hydrogen-bond donors (Lipinski definition) is 1. The van der Waals surface area contributed by atoms with E-state index in [9.17, 15) is 13.6 Å². The molecular weight excluding hydrogens is 290 g/mol. The van der Waals surface area contributed by atoms with E-state index in [2.05, 4.69) is 0 Å². The molecule has 0 atom stereocenters. The molecule has 0 saturated carbocycles. The first-order chi connectivity index (χ1) is 10.5. The van der Waals surface area contributed by atoms with E-state index in [1.54, 1.807) is 0 Å². The molecule has 1 spiro atoms. The van der Waals surface area contributed by atoms with Crippen molar-refractivity contribution in [2.45, 2.75) is 19.3 Å². The smallest absolute Gasteiger partial charge is 0.317 e. The SMILES string of the molecule is O=C(O)CN1CCC2(CCN(c3cc(F)cc(F)c3)CC2)C1. The van der Waals surface area contributed by atoms with Gasteiger partial charge in [-0.05, 0) is 43.4 Å². The molecule has 2 aliphatic rings. The fraction of sp³-hybridized carbons (Fsp3) is 0.562. The van der Waals surface area contributed by atoms with Crippen molar-refractivity contribution in [1.29, 1.82) is 0 Å². The molecule has 0 aromatic heterocycles. The van der Waals surface area contributed by atoms with Crippen LogP contribution in [0.15, 0.2) is 18.2 Å². The molecule has 1 N–H and O–H groups in total. The van der Waals surface area contributed by atoms with Crippen molar-refractivity contribution >= 4 is 11.7 Å². The topological polar surface area (TPSA) is 43.8 Å². The lowest BCUT2D eigenvalue weighted by atomic mass is 9.77. The van der Waals surface area contributed by atoms with Gasteiger partial charge < -0.3 is 10.0 Å². The Balaban J connectivity index is 1.62. The molecule has 4 nitrogen and oxygen atoms in total. The minimum Gasteiger partial charge on any atom is -0.480 e. The van der Waals surface area contributed by atoms with Gasteiger partial charge in [-0.2, -0.15) is 0 Å². The predicted molar refractivity (Wildman–Crippen MR) is 78.9 cm³/mol. The third-order valence-electron chi connectivity index (χ3n) is 4.91. The monoisotopic (exact) mass is 310 g/mol. The van der Waals surface area contributed by atoms with E-state index in [1.165, 1.54) is 12.1 Å². The lowest BCUT2D eigenvalue weighted by Gasteiger charge is -2.40. The number of carbonyl (C=O) groups is 1. The first-order valence-corrected chi connectivity index (χ1v) is 7.61. The third kappa shape index (κ3) is 3.21. The highest BCUT2D eigenvalue weighted by atomic mass is 19.1. The zero-order valence-corrected chi connectivity index (χ0v) is 12.4. The van der Waals surface area contributed by atoms with Gasteiger partial charge in [0.2, 0.25) is 0 Å². The highest BCUT2D eigenvalue weighted by Crippen LogP contribution is 2.41. The second-order valence-electron chi connectivity index (χ2n) is 6.47. The average Bonchev–Trinajstić information content (AvgIpc) is 2.80. The number of anilines is 1. The minimum absolute atomic E-state index is 0.0978. The van der Waals surface area contributed by atoms with Crippen LogP contribution in [0, 0.1) is 17.0 Å². The Morgan fingerprint density at radius 3 is 2.27 bits per heavy atom. The molecule has 0 bridgehead atoms. The molecular formula is C16H20F2N2O2. The van der Waals surface area contributed by atoms with Gasteiger partial charge in [-0.15, -0.1) is 0 Å². The Hall–Kier alpha value is -1.69. The van der Waals surface area contributed by atoms with Crippen molar-refractivity contribution in [1.82, 2.24) is 4.90 Å². The largest absolute Gasteiger partial charge is 0.480 e. The van der Waals surface area contributed by atoms with Crippen molar-refractivity contribution in [2.75, 3.05) is 37.6 Å². The van der Waals surface area contributed by atoms with Crippen LogP contribution in [0.2, 0.25) is 0 Å². The number of halogens is 2. The van der Waals surface area contributed by atoms with Gasteiger partial charge in [0.25, 0.3) is 0 Å². The second-order valence-corrected chi connectivity index (χ2v) is 6.47. The van der Waals surface area contributed by atoms with Crippen molar-refractivity contribution in [3.63, 3.8) is 0 Å². The van der Waals surface area contributed by atoms with Crippen LogP contribution in [-0.2, 0) is 4.79 Å². The van der Waals surface area contributed by atoms with Gasteiger partial charge in [0, 0.05) is 31.4 Å². The zero-order chi connectivity index (χ0) is 15.7. The quantitative estimate of drug-likeness (QED) is 0.931. The first kappa shape index (κ1) is 15.2. The predicted octanol–water partition coefficient (Wildman–Crippen LogP) is 2.34. The van der Waals surface area contributed by atoms with Crippen molar-refractivity contribution < 1.29 is 18.7 Å². The summed E-state index contributed by atoms with van der Waals surface area (Å²) < 4.78 is 26.6. The van der Waals surface area contributed by atoms with E-state index in [0.717, 1.165) is 51.5 Å². The second kappa shape index (κ2) is 5.83. The highest BCUT2D eigenvalue weighted by molar-refractivity contribution is 5.69. The van der Waals surface area contributed by atoms with Crippen LogP contribution in [0.4, 0.5) is 14.5 Å². The Morgan fingerprint density at radius 1 is 1.09 bits per heavy atom. The highest BCUT2D eigenvalue weighted by Gasteiger charge is 2.40. The number of nitrogens with zero attached hydrogens (tertiary/aromatic N) is 2. The average molecular weight is 310 g/mol. The molecule has 2 fully saturated rings. The van der Waals surface area contributed by atoms with E-state index >= 15 is 0 Å². The van der Waals surface area contributed by atoms with Crippen LogP contribution in [0.3, 0.4) is 0 Å². The number of aliphatic carboxylic acids is 1. The summed E-state index contributed by atoms with van der Waals surface area (Å²) in [4.78, 5) is 14.8. The van der Waals surface area contributed by atoms with Gasteiger partial charge in [0.05, 0.1) is 6.54 Å². The maximum absolute atomic E-state index is 13.3. The number of likely N-dealkylation sites (tertiary alicyclic amines) is 1. The van der Waals surface area contributed by atoms with Crippen LogP contribution < -0.4 is 4.90 Å². The maximum Gasteiger partial charge on any atom is 0.317 e. The van der Waals surface area contributed by atoms with E-state index in [4.69, 9.17) is 5.11 Å². The van der Waals surface area contributed by atoms with Crippen LogP contribution in [0.25, 0.3) is 0 Å². The Labute approximate surface area is 128 Å². The summed E-state index contributed by atoms with van der Waals surface area (Å²) in [7, 11) is 0. The zero-order valence-electron chi connectivity index (χ0n) is 12.4. The van der Waals surface area contributed by atoms with Crippen LogP contribution in [0.1, 0.15) is 19.3 Å². The summed E-state index contributed by atoms with van der Waals surface area (Å²) in [6.07, 6.45) is 2.87. The number of carboxylic acids is 1. The van der Waals surface area contributed by atoms with Gasteiger partial charge in [-0.3, -0.25) is 9.69 Å². The molecule has 3 rings (SSSR count). The van der Waals surface area contributed by atoms with E-state index in [0.29, 0.717) is 5.69 Å². The van der Waals surface area contributed by atoms with Gasteiger partial charge in [0.1, 0.15) is 11.6 Å². The maximum atomic E-state index is 13.3. The summed E-state index contributed by atoms with van der Waals surface area (Å²) >= 11 is 0. The number of rotatable bonds is 3. The molecule has 2 aliphatic heterocycles. The Kier molecular flexibility index (Phi) is 4.04. The molecule has 6 heteroatoms. The molecule has 0 radical (unpaired) electrons. The van der Waals surface area contributed by atoms with Crippen molar-refractivity contribution in [3.05, 3.63) is 29.8 Å². The molecule has 120 valence electrons. The number of hydrogen-bond acceptors (Lipinski definition) is 3. The summed E-state index contributed by atoms with van der Waals surface area (Å²) in [5, 5.41) is 8.88. The minimum atomic E-state index is -0.787. The lowest BCUT2D eigenvalue weighted by Crippen LogP contribution is -2.42. The molecule has 22 heavy (non-hydrogen) atoms.